The topological polar surface area (TPSA) is 112 Å². The van der Waals surface area contributed by atoms with E-state index >= 15 is 0 Å². The molecule has 1 amide bonds. The van der Waals surface area contributed by atoms with E-state index in [1.165, 1.54) is 35.7 Å². The van der Waals surface area contributed by atoms with Crippen LogP contribution in [0.4, 0.5) is 5.69 Å². The number of aryl methyl sites for hydroxylation is 2. The van der Waals surface area contributed by atoms with Gasteiger partial charge in [-0.3, -0.25) is 18.9 Å². The number of hydrogen-bond donors (Lipinski definition) is 2. The van der Waals surface area contributed by atoms with Crippen molar-refractivity contribution in [2.24, 2.45) is 0 Å². The first-order chi connectivity index (χ1) is 16.2. The first-order valence-corrected chi connectivity index (χ1v) is 12.0. The fourth-order valence-electron chi connectivity index (χ4n) is 3.65. The molecule has 0 aliphatic carbocycles. The number of nitrogens with zero attached hydrogens (tertiary/aromatic N) is 2. The molecule has 2 aromatic carbocycles. The molecule has 34 heavy (non-hydrogen) atoms. The number of sulfonamides is 1. The van der Waals surface area contributed by atoms with E-state index in [9.17, 15) is 18.0 Å². The lowest BCUT2D eigenvalue weighted by molar-refractivity contribution is 0.0949. The summed E-state index contributed by atoms with van der Waals surface area (Å²) in [6.45, 7) is 3.93. The van der Waals surface area contributed by atoms with Gasteiger partial charge in [-0.15, -0.1) is 0 Å². The third kappa shape index (κ3) is 4.42. The lowest BCUT2D eigenvalue weighted by atomic mass is 10.1. The van der Waals surface area contributed by atoms with E-state index in [4.69, 9.17) is 0 Å². The van der Waals surface area contributed by atoms with E-state index in [0.717, 1.165) is 16.7 Å². The molecular formula is C25H24N4O4S. The number of hydrogen-bond acceptors (Lipinski definition) is 5. The van der Waals surface area contributed by atoms with E-state index < -0.39 is 21.4 Å². The minimum Gasteiger partial charge on any atom is -0.360 e. The molecule has 0 saturated heterocycles. The number of pyridine rings is 2. The summed E-state index contributed by atoms with van der Waals surface area (Å²) in [7, 11) is -2.47. The molecule has 4 aromatic rings. The highest BCUT2D eigenvalue weighted by Crippen LogP contribution is 2.27. The molecule has 2 N–H and O–H groups in total. The molecule has 4 rings (SSSR count). The zero-order valence-electron chi connectivity index (χ0n) is 19.0. The predicted molar refractivity (Wildman–Crippen MR) is 131 cm³/mol. The zero-order chi connectivity index (χ0) is 24.5. The van der Waals surface area contributed by atoms with E-state index in [1.54, 1.807) is 24.5 Å². The molecule has 0 saturated carbocycles. The Kier molecular flexibility index (Phi) is 6.21. The molecule has 9 heteroatoms. The van der Waals surface area contributed by atoms with Gasteiger partial charge in [-0.1, -0.05) is 18.2 Å². The number of H-pyrrole nitrogens is 1. The molecule has 0 atom stereocenters. The number of anilines is 1. The Morgan fingerprint density at radius 3 is 2.65 bits per heavy atom. The van der Waals surface area contributed by atoms with Gasteiger partial charge in [0.25, 0.3) is 15.9 Å². The Morgan fingerprint density at radius 2 is 1.91 bits per heavy atom. The van der Waals surface area contributed by atoms with Crippen molar-refractivity contribution < 1.29 is 13.2 Å². The molecule has 174 valence electrons. The second kappa shape index (κ2) is 9.11. The van der Waals surface area contributed by atoms with Crippen LogP contribution in [0.1, 0.15) is 27.0 Å². The van der Waals surface area contributed by atoms with Crippen molar-refractivity contribution in [3.8, 4) is 0 Å². The van der Waals surface area contributed by atoms with Crippen LogP contribution in [-0.2, 0) is 16.6 Å². The van der Waals surface area contributed by atoms with Crippen LogP contribution in [0.5, 0.6) is 0 Å². The number of aromatic amines is 1. The summed E-state index contributed by atoms with van der Waals surface area (Å²) >= 11 is 0. The van der Waals surface area contributed by atoms with Crippen LogP contribution < -0.4 is 15.1 Å². The van der Waals surface area contributed by atoms with Gasteiger partial charge in [0.1, 0.15) is 5.56 Å². The van der Waals surface area contributed by atoms with Gasteiger partial charge < -0.3 is 10.3 Å². The summed E-state index contributed by atoms with van der Waals surface area (Å²) in [5, 5.41) is 2.81. The van der Waals surface area contributed by atoms with Crippen LogP contribution in [0.3, 0.4) is 0 Å². The Bertz CT molecular complexity index is 1550. The molecule has 2 heterocycles. The highest BCUT2D eigenvalue weighted by Gasteiger charge is 2.24. The molecule has 0 fully saturated rings. The summed E-state index contributed by atoms with van der Waals surface area (Å²) < 4.78 is 27.9. The zero-order valence-corrected chi connectivity index (χ0v) is 19.8. The molecule has 0 radical (unpaired) electrons. The average Bonchev–Trinajstić information content (AvgIpc) is 2.84. The van der Waals surface area contributed by atoms with Crippen LogP contribution >= 0.6 is 0 Å². The Morgan fingerprint density at radius 1 is 1.12 bits per heavy atom. The minimum atomic E-state index is -3.95. The van der Waals surface area contributed by atoms with E-state index in [2.05, 4.69) is 15.3 Å². The SMILES string of the molecule is Cc1ccc(C)c(N(C)S(=O)(=O)c2ccc3[nH]cc(C(=O)NCc4cccnc4)c(=O)c3c2)c1. The van der Waals surface area contributed by atoms with Crippen LogP contribution in [0.2, 0.25) is 0 Å². The first kappa shape index (κ1) is 23.2. The second-order valence-corrected chi connectivity index (χ2v) is 10.0. The lowest BCUT2D eigenvalue weighted by Crippen LogP contribution is -2.29. The van der Waals surface area contributed by atoms with Gasteiger partial charge in [0.05, 0.1) is 10.6 Å². The van der Waals surface area contributed by atoms with Gasteiger partial charge >= 0.3 is 0 Å². The highest BCUT2D eigenvalue weighted by molar-refractivity contribution is 7.92. The van der Waals surface area contributed by atoms with Gasteiger partial charge in [0, 0.05) is 43.1 Å². The smallest absolute Gasteiger partial charge is 0.264 e. The molecular weight excluding hydrogens is 452 g/mol. The quantitative estimate of drug-likeness (QED) is 0.443. The molecule has 0 aliphatic rings. The Hall–Kier alpha value is -3.98. The molecule has 8 nitrogen and oxygen atoms in total. The normalized spacial score (nSPS) is 11.4. The van der Waals surface area contributed by atoms with Crippen molar-refractivity contribution in [3.63, 3.8) is 0 Å². The van der Waals surface area contributed by atoms with E-state index in [1.807, 2.05) is 32.0 Å². The summed E-state index contributed by atoms with van der Waals surface area (Å²) in [6.07, 6.45) is 4.58. The fourth-order valence-corrected chi connectivity index (χ4v) is 4.93. The summed E-state index contributed by atoms with van der Waals surface area (Å²) in [6, 6.07) is 13.4. The van der Waals surface area contributed by atoms with Crippen molar-refractivity contribution in [2.75, 3.05) is 11.4 Å². The number of benzene rings is 2. The van der Waals surface area contributed by atoms with Gasteiger partial charge in [0.15, 0.2) is 0 Å². The summed E-state index contributed by atoms with van der Waals surface area (Å²) in [4.78, 5) is 32.6. The first-order valence-electron chi connectivity index (χ1n) is 10.6. The Balaban J connectivity index is 1.69. The molecule has 0 unspecified atom stereocenters. The maximum absolute atomic E-state index is 13.4. The monoisotopic (exact) mass is 476 g/mol. The lowest BCUT2D eigenvalue weighted by Gasteiger charge is -2.22. The summed E-state index contributed by atoms with van der Waals surface area (Å²) in [5.74, 6) is -0.562. The minimum absolute atomic E-state index is 0.0400. The Labute approximate surface area is 197 Å². The number of carbonyl (C=O) groups excluding carboxylic acids is 1. The molecule has 0 bridgehead atoms. The fraction of sp³-hybridized carbons (Fsp3) is 0.160. The number of amides is 1. The van der Waals surface area contributed by atoms with Crippen LogP contribution in [0.25, 0.3) is 10.9 Å². The largest absolute Gasteiger partial charge is 0.360 e. The molecule has 0 spiro atoms. The molecule has 2 aromatic heterocycles. The van der Waals surface area contributed by atoms with Gasteiger partial charge in [-0.05, 0) is 60.9 Å². The number of fused-ring (bicyclic) bond motifs is 1. The van der Waals surface area contributed by atoms with Gasteiger partial charge in [-0.2, -0.15) is 0 Å². The van der Waals surface area contributed by atoms with Crippen molar-refractivity contribution in [1.29, 1.82) is 0 Å². The van der Waals surface area contributed by atoms with Crippen molar-refractivity contribution in [3.05, 3.63) is 99.6 Å². The van der Waals surface area contributed by atoms with Crippen LogP contribution in [0, 0.1) is 13.8 Å². The highest BCUT2D eigenvalue weighted by atomic mass is 32.2. The van der Waals surface area contributed by atoms with Crippen molar-refractivity contribution in [2.45, 2.75) is 25.3 Å². The van der Waals surface area contributed by atoms with Crippen molar-refractivity contribution >= 4 is 32.5 Å². The number of nitrogens with one attached hydrogen (secondary N) is 2. The second-order valence-electron chi connectivity index (χ2n) is 8.05. The average molecular weight is 477 g/mol. The van der Waals surface area contributed by atoms with E-state index in [0.29, 0.717) is 11.2 Å². The van der Waals surface area contributed by atoms with Crippen LogP contribution in [-0.4, -0.2) is 31.3 Å². The van der Waals surface area contributed by atoms with Gasteiger partial charge in [0.2, 0.25) is 5.43 Å². The third-order valence-electron chi connectivity index (χ3n) is 5.64. The van der Waals surface area contributed by atoms with Crippen molar-refractivity contribution in [1.82, 2.24) is 15.3 Å². The number of aromatic nitrogens is 2. The standard InChI is InChI=1S/C25H24N4O4S/c1-16-6-7-17(2)23(11-16)29(3)34(32,33)19-8-9-22-20(12-19)24(30)21(15-27-22)25(31)28-14-18-5-4-10-26-13-18/h4-13,15H,14H2,1-3H3,(H,27,30)(H,28,31). The van der Waals surface area contributed by atoms with E-state index in [-0.39, 0.29) is 22.4 Å². The third-order valence-corrected chi connectivity index (χ3v) is 7.40. The number of rotatable bonds is 6. The predicted octanol–water partition coefficient (Wildman–Crippen LogP) is 3.30. The maximum Gasteiger partial charge on any atom is 0.264 e. The maximum atomic E-state index is 13.4. The summed E-state index contributed by atoms with van der Waals surface area (Å²) in [5.41, 5.74) is 2.86. The van der Waals surface area contributed by atoms with Gasteiger partial charge in [-0.25, -0.2) is 8.42 Å². The molecule has 0 aliphatic heterocycles. The number of carbonyl (C=O) groups is 1. The van der Waals surface area contributed by atoms with Crippen LogP contribution in [0.15, 0.2) is 76.8 Å².